The van der Waals surface area contributed by atoms with Gasteiger partial charge in [0, 0.05) is 31.6 Å². The minimum atomic E-state index is -0.189. The van der Waals surface area contributed by atoms with E-state index in [1.807, 2.05) is 6.07 Å². The third kappa shape index (κ3) is 4.54. The molecule has 2 saturated heterocycles. The molecule has 0 atom stereocenters. The van der Waals surface area contributed by atoms with Crippen LogP contribution in [0.5, 0.6) is 0 Å². The lowest BCUT2D eigenvalue weighted by molar-refractivity contribution is 0.122. The molecule has 2 fully saturated rings. The summed E-state index contributed by atoms with van der Waals surface area (Å²) in [6, 6.07) is 8.42. The van der Waals surface area contributed by atoms with Gasteiger partial charge in [0.25, 0.3) is 5.56 Å². The van der Waals surface area contributed by atoms with Crippen LogP contribution in [0, 0.1) is 5.82 Å². The zero-order chi connectivity index (χ0) is 18.6. The van der Waals surface area contributed by atoms with Crippen LogP contribution >= 0.6 is 0 Å². The first kappa shape index (κ1) is 18.1. The van der Waals surface area contributed by atoms with Crippen molar-refractivity contribution >= 4 is 5.95 Å². The number of aromatic amines is 1. The molecule has 0 bridgehead atoms. The summed E-state index contributed by atoms with van der Waals surface area (Å²) in [4.78, 5) is 24.2. The maximum atomic E-state index is 13.4. The van der Waals surface area contributed by atoms with Crippen LogP contribution in [-0.2, 0) is 11.3 Å². The van der Waals surface area contributed by atoms with E-state index in [-0.39, 0.29) is 17.3 Å². The number of halogens is 1. The second-order valence-corrected chi connectivity index (χ2v) is 7.27. The molecule has 7 heteroatoms. The van der Waals surface area contributed by atoms with E-state index in [0.717, 1.165) is 56.8 Å². The molecule has 0 unspecified atom stereocenters. The van der Waals surface area contributed by atoms with Crippen molar-refractivity contribution < 1.29 is 9.13 Å². The van der Waals surface area contributed by atoms with Crippen molar-refractivity contribution in [3.63, 3.8) is 0 Å². The standard InChI is InChI=1S/C20H25FN4O2/c21-17-3-1-2-15(12-17)14-24-6-4-16(5-7-24)18-13-19(26)23-20(22-18)25-8-10-27-11-9-25/h1-3,12-13,16H,4-11,14H2,(H,22,23,26). The van der Waals surface area contributed by atoms with Gasteiger partial charge >= 0.3 is 0 Å². The summed E-state index contributed by atoms with van der Waals surface area (Å²) < 4.78 is 18.7. The SMILES string of the molecule is O=c1cc(C2CCN(Cc3cccc(F)c3)CC2)nc(N2CCOCC2)[nH]1. The predicted molar refractivity (Wildman–Crippen MR) is 102 cm³/mol. The van der Waals surface area contributed by atoms with Gasteiger partial charge in [-0.1, -0.05) is 12.1 Å². The van der Waals surface area contributed by atoms with E-state index in [0.29, 0.717) is 19.2 Å². The summed E-state index contributed by atoms with van der Waals surface area (Å²) in [6.45, 7) is 5.41. The topological polar surface area (TPSA) is 61.5 Å². The zero-order valence-electron chi connectivity index (χ0n) is 15.4. The van der Waals surface area contributed by atoms with Crippen LogP contribution in [0.15, 0.2) is 35.1 Å². The Kier molecular flexibility index (Phi) is 5.50. The smallest absolute Gasteiger partial charge is 0.252 e. The molecule has 6 nitrogen and oxygen atoms in total. The van der Waals surface area contributed by atoms with Gasteiger partial charge in [0.15, 0.2) is 0 Å². The number of anilines is 1. The summed E-state index contributed by atoms with van der Waals surface area (Å²) in [6.07, 6.45) is 1.91. The van der Waals surface area contributed by atoms with Crippen molar-refractivity contribution in [2.24, 2.45) is 0 Å². The highest BCUT2D eigenvalue weighted by molar-refractivity contribution is 5.31. The number of rotatable bonds is 4. The molecule has 1 aromatic carbocycles. The van der Waals surface area contributed by atoms with Gasteiger partial charge in [0.05, 0.1) is 18.9 Å². The molecule has 144 valence electrons. The Morgan fingerprint density at radius 1 is 1.15 bits per heavy atom. The van der Waals surface area contributed by atoms with Gasteiger partial charge in [-0.3, -0.25) is 14.7 Å². The molecule has 1 aromatic heterocycles. The summed E-state index contributed by atoms with van der Waals surface area (Å²) in [5.41, 5.74) is 1.78. The van der Waals surface area contributed by atoms with E-state index in [4.69, 9.17) is 9.72 Å². The Bertz CT molecular complexity index is 827. The summed E-state index contributed by atoms with van der Waals surface area (Å²) in [7, 11) is 0. The molecule has 2 aliphatic rings. The molecule has 2 aromatic rings. The molecule has 2 aliphatic heterocycles. The molecule has 4 rings (SSSR count). The lowest BCUT2D eigenvalue weighted by atomic mass is 9.93. The van der Waals surface area contributed by atoms with Gasteiger partial charge in [-0.2, -0.15) is 0 Å². The van der Waals surface area contributed by atoms with E-state index in [1.165, 1.54) is 6.07 Å². The number of aromatic nitrogens is 2. The highest BCUT2D eigenvalue weighted by atomic mass is 19.1. The van der Waals surface area contributed by atoms with Gasteiger partial charge in [0.2, 0.25) is 5.95 Å². The quantitative estimate of drug-likeness (QED) is 0.891. The third-order valence-corrected chi connectivity index (χ3v) is 5.36. The molecule has 0 aliphatic carbocycles. The average molecular weight is 372 g/mol. The zero-order valence-corrected chi connectivity index (χ0v) is 15.4. The van der Waals surface area contributed by atoms with Crippen LogP contribution in [0.1, 0.15) is 30.0 Å². The van der Waals surface area contributed by atoms with E-state index in [1.54, 1.807) is 18.2 Å². The Balaban J connectivity index is 1.40. The van der Waals surface area contributed by atoms with Crippen molar-refractivity contribution in [2.75, 3.05) is 44.3 Å². The fourth-order valence-electron chi connectivity index (χ4n) is 3.88. The number of H-pyrrole nitrogens is 1. The van der Waals surface area contributed by atoms with E-state index >= 15 is 0 Å². The van der Waals surface area contributed by atoms with E-state index in [9.17, 15) is 9.18 Å². The molecular weight excluding hydrogens is 347 g/mol. The lowest BCUT2D eigenvalue weighted by Crippen LogP contribution is -2.39. The average Bonchev–Trinajstić information content (AvgIpc) is 2.69. The number of morpholine rings is 1. The molecule has 0 amide bonds. The number of nitrogens with one attached hydrogen (secondary N) is 1. The normalized spacial score (nSPS) is 19.4. The first-order valence-corrected chi connectivity index (χ1v) is 9.58. The van der Waals surface area contributed by atoms with Crippen molar-refractivity contribution in [3.8, 4) is 0 Å². The van der Waals surface area contributed by atoms with Gasteiger partial charge in [-0.15, -0.1) is 0 Å². The number of ether oxygens (including phenoxy) is 1. The predicted octanol–water partition coefficient (Wildman–Crippen LogP) is 2.13. The number of hydrogen-bond donors (Lipinski definition) is 1. The molecule has 27 heavy (non-hydrogen) atoms. The molecular formula is C20H25FN4O2. The first-order valence-electron chi connectivity index (χ1n) is 9.58. The van der Waals surface area contributed by atoms with Gasteiger partial charge in [-0.25, -0.2) is 9.37 Å². The fourth-order valence-corrected chi connectivity index (χ4v) is 3.88. The first-order chi connectivity index (χ1) is 13.2. The number of likely N-dealkylation sites (tertiary alicyclic amines) is 1. The minimum Gasteiger partial charge on any atom is -0.378 e. The Morgan fingerprint density at radius 3 is 2.67 bits per heavy atom. The summed E-state index contributed by atoms with van der Waals surface area (Å²) >= 11 is 0. The Morgan fingerprint density at radius 2 is 1.93 bits per heavy atom. The number of benzene rings is 1. The van der Waals surface area contributed by atoms with Crippen LogP contribution in [0.2, 0.25) is 0 Å². The van der Waals surface area contributed by atoms with E-state index in [2.05, 4.69) is 14.8 Å². The number of nitrogens with zero attached hydrogens (tertiary/aromatic N) is 3. The number of hydrogen-bond acceptors (Lipinski definition) is 5. The summed E-state index contributed by atoms with van der Waals surface area (Å²) in [5.74, 6) is 0.754. The lowest BCUT2D eigenvalue weighted by Gasteiger charge is -2.32. The molecule has 3 heterocycles. The third-order valence-electron chi connectivity index (χ3n) is 5.36. The van der Waals surface area contributed by atoms with Gasteiger partial charge in [-0.05, 0) is 43.6 Å². The van der Waals surface area contributed by atoms with Crippen LogP contribution in [0.3, 0.4) is 0 Å². The highest BCUT2D eigenvalue weighted by Crippen LogP contribution is 2.27. The van der Waals surface area contributed by atoms with Gasteiger partial charge in [0.1, 0.15) is 5.82 Å². The second-order valence-electron chi connectivity index (χ2n) is 7.27. The monoisotopic (exact) mass is 372 g/mol. The van der Waals surface area contributed by atoms with Crippen molar-refractivity contribution in [2.45, 2.75) is 25.3 Å². The highest BCUT2D eigenvalue weighted by Gasteiger charge is 2.23. The maximum absolute atomic E-state index is 13.4. The van der Waals surface area contributed by atoms with Gasteiger partial charge < -0.3 is 9.64 Å². The molecule has 0 spiro atoms. The summed E-state index contributed by atoms with van der Waals surface area (Å²) in [5, 5.41) is 0. The largest absolute Gasteiger partial charge is 0.378 e. The van der Waals surface area contributed by atoms with Crippen LogP contribution in [0.25, 0.3) is 0 Å². The van der Waals surface area contributed by atoms with Crippen LogP contribution in [0.4, 0.5) is 10.3 Å². The van der Waals surface area contributed by atoms with Crippen molar-refractivity contribution in [1.29, 1.82) is 0 Å². The van der Waals surface area contributed by atoms with Crippen molar-refractivity contribution in [3.05, 3.63) is 57.8 Å². The second kappa shape index (κ2) is 8.19. The Labute approximate surface area is 158 Å². The molecule has 1 N–H and O–H groups in total. The Hall–Kier alpha value is -2.25. The maximum Gasteiger partial charge on any atom is 0.252 e. The van der Waals surface area contributed by atoms with Crippen molar-refractivity contribution in [1.82, 2.24) is 14.9 Å². The molecule has 0 saturated carbocycles. The minimum absolute atomic E-state index is 0.0938. The van der Waals surface area contributed by atoms with Crippen LogP contribution < -0.4 is 10.5 Å². The fraction of sp³-hybridized carbons (Fsp3) is 0.500. The van der Waals surface area contributed by atoms with Crippen LogP contribution in [-0.4, -0.2) is 54.3 Å². The van der Waals surface area contributed by atoms with E-state index < -0.39 is 0 Å². The molecule has 0 radical (unpaired) electrons. The number of piperidine rings is 1.